The molecule has 0 aromatic carbocycles. The van der Waals surface area contributed by atoms with Gasteiger partial charge in [0.1, 0.15) is 0 Å². The number of nitrogens with one attached hydrogen (secondary N) is 1. The molecule has 2 rings (SSSR count). The highest BCUT2D eigenvalue weighted by Gasteiger charge is 2.27. The van der Waals surface area contributed by atoms with E-state index in [4.69, 9.17) is 0 Å². The van der Waals surface area contributed by atoms with Gasteiger partial charge in [0.25, 0.3) is 0 Å². The summed E-state index contributed by atoms with van der Waals surface area (Å²) in [5.41, 5.74) is 0.612. The molecule has 0 radical (unpaired) electrons. The Morgan fingerprint density at radius 2 is 2.17 bits per heavy atom. The predicted octanol–water partition coefficient (Wildman–Crippen LogP) is 3.35. The van der Waals surface area contributed by atoms with Gasteiger partial charge in [0.2, 0.25) is 0 Å². The summed E-state index contributed by atoms with van der Waals surface area (Å²) < 4.78 is 0. The van der Waals surface area contributed by atoms with Gasteiger partial charge in [0.05, 0.1) is 0 Å². The van der Waals surface area contributed by atoms with E-state index in [1.54, 1.807) is 0 Å². The molecule has 2 heterocycles. The summed E-state index contributed by atoms with van der Waals surface area (Å²) in [6.07, 6.45) is 4.07. The van der Waals surface area contributed by atoms with Crippen molar-refractivity contribution in [1.29, 1.82) is 0 Å². The van der Waals surface area contributed by atoms with Crippen LogP contribution in [0.1, 0.15) is 38.0 Å². The minimum absolute atomic E-state index is 0.612. The number of thiophene rings is 1. The van der Waals surface area contributed by atoms with Gasteiger partial charge in [0.15, 0.2) is 0 Å². The fraction of sp³-hybridized carbons (Fsp3) is 0.733. The van der Waals surface area contributed by atoms with Gasteiger partial charge in [-0.2, -0.15) is 0 Å². The molecule has 0 bridgehead atoms. The van der Waals surface area contributed by atoms with Gasteiger partial charge in [-0.25, -0.2) is 0 Å². The Morgan fingerprint density at radius 3 is 2.78 bits per heavy atom. The van der Waals surface area contributed by atoms with Crippen LogP contribution in [0.5, 0.6) is 0 Å². The van der Waals surface area contributed by atoms with E-state index in [0.29, 0.717) is 5.41 Å². The van der Waals surface area contributed by atoms with Crippen LogP contribution in [-0.2, 0) is 6.54 Å². The van der Waals surface area contributed by atoms with Gasteiger partial charge in [0, 0.05) is 24.5 Å². The lowest BCUT2D eigenvalue weighted by atomic mass is 9.78. The monoisotopic (exact) mass is 266 g/mol. The molecule has 3 heteroatoms. The van der Waals surface area contributed by atoms with Crippen molar-refractivity contribution in [2.24, 2.45) is 5.41 Å². The Morgan fingerprint density at radius 1 is 1.39 bits per heavy atom. The molecule has 1 N–H and O–H groups in total. The molecule has 0 atom stereocenters. The van der Waals surface area contributed by atoms with Crippen LogP contribution in [0.3, 0.4) is 0 Å². The SMILES string of the molecule is CCC1(C)CCN(CCNCc2cccs2)CC1. The average molecular weight is 266 g/mol. The Kier molecular flexibility index (Phi) is 5.22. The lowest BCUT2D eigenvalue weighted by Gasteiger charge is -2.38. The molecule has 1 aromatic heterocycles. The number of rotatable bonds is 6. The van der Waals surface area contributed by atoms with Crippen molar-refractivity contribution in [3.63, 3.8) is 0 Å². The second-order valence-corrected chi connectivity index (χ2v) is 6.79. The molecule has 102 valence electrons. The fourth-order valence-electron chi connectivity index (χ4n) is 2.53. The maximum atomic E-state index is 3.54. The van der Waals surface area contributed by atoms with Crippen molar-refractivity contribution < 1.29 is 0 Å². The smallest absolute Gasteiger partial charge is 0.0300 e. The first-order chi connectivity index (χ1) is 8.72. The Hall–Kier alpha value is -0.380. The van der Waals surface area contributed by atoms with Gasteiger partial charge in [-0.15, -0.1) is 11.3 Å². The lowest BCUT2D eigenvalue weighted by molar-refractivity contribution is 0.115. The molecular formula is C15H26N2S. The van der Waals surface area contributed by atoms with Gasteiger partial charge in [-0.1, -0.05) is 26.3 Å². The normalized spacial score (nSPS) is 20.1. The summed E-state index contributed by atoms with van der Waals surface area (Å²) in [6.45, 7) is 10.7. The van der Waals surface area contributed by atoms with E-state index < -0.39 is 0 Å². The van der Waals surface area contributed by atoms with E-state index in [2.05, 4.69) is 41.6 Å². The van der Waals surface area contributed by atoms with Crippen LogP contribution in [0.4, 0.5) is 0 Å². The Bertz CT molecular complexity index is 326. The van der Waals surface area contributed by atoms with Gasteiger partial charge in [-0.05, 0) is 42.8 Å². The highest BCUT2D eigenvalue weighted by molar-refractivity contribution is 7.09. The maximum absolute atomic E-state index is 3.54. The standard InChI is InChI=1S/C15H26N2S/c1-3-15(2)6-9-17(10-7-15)11-8-16-13-14-5-4-12-18-14/h4-5,12,16H,3,6-11,13H2,1-2H3. The third kappa shape index (κ3) is 4.08. The summed E-state index contributed by atoms with van der Waals surface area (Å²) in [6, 6.07) is 4.32. The van der Waals surface area contributed by atoms with E-state index in [1.807, 2.05) is 11.3 Å². The third-order valence-corrected chi connectivity index (χ3v) is 5.28. The maximum Gasteiger partial charge on any atom is 0.0300 e. The summed E-state index contributed by atoms with van der Waals surface area (Å²) in [4.78, 5) is 4.05. The zero-order chi connectivity index (χ0) is 12.8. The van der Waals surface area contributed by atoms with E-state index >= 15 is 0 Å². The topological polar surface area (TPSA) is 15.3 Å². The molecule has 1 aromatic rings. The summed E-state index contributed by atoms with van der Waals surface area (Å²) in [5.74, 6) is 0. The van der Waals surface area contributed by atoms with Crippen LogP contribution < -0.4 is 5.32 Å². The Labute approximate surface area is 115 Å². The number of piperidine rings is 1. The summed E-state index contributed by atoms with van der Waals surface area (Å²) in [5, 5.41) is 5.68. The molecule has 0 aliphatic carbocycles. The molecule has 1 saturated heterocycles. The van der Waals surface area contributed by atoms with Crippen LogP contribution in [0, 0.1) is 5.41 Å². The Balaban J connectivity index is 1.58. The highest BCUT2D eigenvalue weighted by atomic mass is 32.1. The van der Waals surface area contributed by atoms with E-state index in [9.17, 15) is 0 Å². The number of hydrogen-bond donors (Lipinski definition) is 1. The number of nitrogens with zero attached hydrogens (tertiary/aromatic N) is 1. The summed E-state index contributed by atoms with van der Waals surface area (Å²) in [7, 11) is 0. The first-order valence-corrected chi connectivity index (χ1v) is 8.05. The average Bonchev–Trinajstić information content (AvgIpc) is 2.90. The van der Waals surface area contributed by atoms with Crippen molar-refractivity contribution in [2.45, 2.75) is 39.7 Å². The summed E-state index contributed by atoms with van der Waals surface area (Å²) >= 11 is 1.84. The lowest BCUT2D eigenvalue weighted by Crippen LogP contribution is -2.41. The van der Waals surface area contributed by atoms with Crippen molar-refractivity contribution in [3.8, 4) is 0 Å². The molecule has 0 amide bonds. The molecule has 1 aliphatic rings. The molecule has 1 fully saturated rings. The molecular weight excluding hydrogens is 240 g/mol. The van der Waals surface area contributed by atoms with E-state index in [0.717, 1.165) is 13.1 Å². The van der Waals surface area contributed by atoms with Crippen LogP contribution in [0.2, 0.25) is 0 Å². The number of hydrogen-bond acceptors (Lipinski definition) is 3. The second-order valence-electron chi connectivity index (χ2n) is 5.76. The minimum atomic E-state index is 0.612. The van der Waals surface area contributed by atoms with Crippen LogP contribution >= 0.6 is 11.3 Å². The van der Waals surface area contributed by atoms with Crippen molar-refractivity contribution >= 4 is 11.3 Å². The minimum Gasteiger partial charge on any atom is -0.311 e. The zero-order valence-corrected chi connectivity index (χ0v) is 12.6. The molecule has 0 spiro atoms. The van der Waals surface area contributed by atoms with Gasteiger partial charge < -0.3 is 10.2 Å². The first-order valence-electron chi connectivity index (χ1n) is 7.17. The van der Waals surface area contributed by atoms with Crippen molar-refractivity contribution in [3.05, 3.63) is 22.4 Å². The van der Waals surface area contributed by atoms with Gasteiger partial charge >= 0.3 is 0 Å². The highest BCUT2D eigenvalue weighted by Crippen LogP contribution is 2.33. The molecule has 0 saturated carbocycles. The largest absolute Gasteiger partial charge is 0.311 e. The molecule has 2 nitrogen and oxygen atoms in total. The van der Waals surface area contributed by atoms with Crippen LogP contribution in [0.15, 0.2) is 17.5 Å². The van der Waals surface area contributed by atoms with E-state index in [-0.39, 0.29) is 0 Å². The van der Waals surface area contributed by atoms with Crippen LogP contribution in [0.25, 0.3) is 0 Å². The third-order valence-electron chi connectivity index (χ3n) is 4.40. The van der Waals surface area contributed by atoms with Crippen molar-refractivity contribution in [1.82, 2.24) is 10.2 Å². The van der Waals surface area contributed by atoms with Crippen LogP contribution in [-0.4, -0.2) is 31.1 Å². The molecule has 0 unspecified atom stereocenters. The second kappa shape index (κ2) is 6.69. The fourth-order valence-corrected chi connectivity index (χ4v) is 3.21. The predicted molar refractivity (Wildman–Crippen MR) is 80.1 cm³/mol. The van der Waals surface area contributed by atoms with Gasteiger partial charge in [-0.3, -0.25) is 0 Å². The molecule has 18 heavy (non-hydrogen) atoms. The first kappa shape index (κ1) is 14.0. The zero-order valence-electron chi connectivity index (χ0n) is 11.7. The molecule has 1 aliphatic heterocycles. The van der Waals surface area contributed by atoms with E-state index in [1.165, 1.54) is 43.8 Å². The number of likely N-dealkylation sites (tertiary alicyclic amines) is 1. The quantitative estimate of drug-likeness (QED) is 0.794. The van der Waals surface area contributed by atoms with Crippen molar-refractivity contribution in [2.75, 3.05) is 26.2 Å².